The van der Waals surface area contributed by atoms with E-state index in [1.54, 1.807) is 30.3 Å². The highest BCUT2D eigenvalue weighted by Crippen LogP contribution is 2.33. The van der Waals surface area contributed by atoms with Crippen molar-refractivity contribution in [2.24, 2.45) is 5.10 Å². The summed E-state index contributed by atoms with van der Waals surface area (Å²) in [5, 5.41) is 13.9. The zero-order valence-electron chi connectivity index (χ0n) is 14.6. The van der Waals surface area contributed by atoms with Crippen molar-refractivity contribution in [1.82, 2.24) is 5.43 Å². The molecule has 0 spiro atoms. The number of hydrogen-bond acceptors (Lipinski definition) is 5. The van der Waals surface area contributed by atoms with E-state index in [4.69, 9.17) is 9.47 Å². The van der Waals surface area contributed by atoms with Gasteiger partial charge in [0.15, 0.2) is 17.6 Å². The SMILES string of the molecule is CCOc1cc(/C=N\NC(=O)[C@H](O)c2ccccc2)cc(I)c1OCC. The Balaban J connectivity index is 2.08. The van der Waals surface area contributed by atoms with Crippen molar-refractivity contribution in [3.63, 3.8) is 0 Å². The Morgan fingerprint density at radius 1 is 1.23 bits per heavy atom. The number of halogens is 1. The molecule has 0 unspecified atom stereocenters. The van der Waals surface area contributed by atoms with Crippen LogP contribution in [0.5, 0.6) is 11.5 Å². The predicted octanol–water partition coefficient (Wildman–Crippen LogP) is 3.27. The average Bonchev–Trinajstić information content (AvgIpc) is 2.65. The van der Waals surface area contributed by atoms with E-state index in [2.05, 4.69) is 33.1 Å². The van der Waals surface area contributed by atoms with Crippen LogP contribution in [0.15, 0.2) is 47.6 Å². The molecule has 0 saturated heterocycles. The van der Waals surface area contributed by atoms with E-state index < -0.39 is 12.0 Å². The molecule has 2 rings (SSSR count). The van der Waals surface area contributed by atoms with Crippen molar-refractivity contribution < 1.29 is 19.4 Å². The molecular formula is C19H21IN2O4. The summed E-state index contributed by atoms with van der Waals surface area (Å²) < 4.78 is 12.1. The van der Waals surface area contributed by atoms with Gasteiger partial charge in [-0.15, -0.1) is 0 Å². The van der Waals surface area contributed by atoms with Crippen LogP contribution in [0, 0.1) is 3.57 Å². The number of rotatable bonds is 8. The summed E-state index contributed by atoms with van der Waals surface area (Å²) in [6, 6.07) is 12.3. The maximum Gasteiger partial charge on any atom is 0.273 e. The first kappa shape index (κ1) is 20.2. The van der Waals surface area contributed by atoms with Crippen LogP contribution in [-0.2, 0) is 4.79 Å². The third kappa shape index (κ3) is 5.43. The molecule has 0 fully saturated rings. The Morgan fingerprint density at radius 2 is 1.92 bits per heavy atom. The summed E-state index contributed by atoms with van der Waals surface area (Å²) in [4.78, 5) is 12.0. The Bertz CT molecular complexity index is 766. The number of ether oxygens (including phenoxy) is 2. The zero-order chi connectivity index (χ0) is 18.9. The molecule has 0 aliphatic heterocycles. The second-order valence-electron chi connectivity index (χ2n) is 5.24. The molecule has 138 valence electrons. The number of aliphatic hydroxyl groups is 1. The van der Waals surface area contributed by atoms with Crippen molar-refractivity contribution in [3.8, 4) is 11.5 Å². The van der Waals surface area contributed by atoms with Gasteiger partial charge in [-0.05, 0) is 59.7 Å². The Hall–Kier alpha value is -2.13. The van der Waals surface area contributed by atoms with E-state index in [-0.39, 0.29) is 0 Å². The lowest BCUT2D eigenvalue weighted by Crippen LogP contribution is -2.25. The van der Waals surface area contributed by atoms with Crippen LogP contribution < -0.4 is 14.9 Å². The van der Waals surface area contributed by atoms with E-state index in [0.717, 1.165) is 9.13 Å². The van der Waals surface area contributed by atoms with Crippen LogP contribution in [0.1, 0.15) is 31.1 Å². The second-order valence-corrected chi connectivity index (χ2v) is 6.41. The number of amides is 1. The van der Waals surface area contributed by atoms with Gasteiger partial charge in [0, 0.05) is 0 Å². The normalized spacial score (nSPS) is 12.0. The summed E-state index contributed by atoms with van der Waals surface area (Å²) in [5.74, 6) is 0.715. The number of carbonyl (C=O) groups excluding carboxylic acids is 1. The van der Waals surface area contributed by atoms with Crippen LogP contribution in [0.2, 0.25) is 0 Å². The molecule has 1 amide bonds. The van der Waals surface area contributed by atoms with Gasteiger partial charge in [0.1, 0.15) is 0 Å². The van der Waals surface area contributed by atoms with Crippen molar-refractivity contribution >= 4 is 34.7 Å². The number of nitrogens with zero attached hydrogens (tertiary/aromatic N) is 1. The van der Waals surface area contributed by atoms with Crippen LogP contribution in [0.3, 0.4) is 0 Å². The van der Waals surface area contributed by atoms with Gasteiger partial charge in [-0.1, -0.05) is 30.3 Å². The third-order valence-corrected chi connectivity index (χ3v) is 4.17. The number of nitrogens with one attached hydrogen (secondary N) is 1. The van der Waals surface area contributed by atoms with Gasteiger partial charge in [0.05, 0.1) is 23.0 Å². The molecule has 0 aliphatic carbocycles. The van der Waals surface area contributed by atoms with Crippen LogP contribution >= 0.6 is 22.6 Å². The minimum atomic E-state index is -1.27. The van der Waals surface area contributed by atoms with E-state index in [0.29, 0.717) is 30.3 Å². The molecule has 7 heteroatoms. The molecule has 0 aliphatic rings. The molecule has 26 heavy (non-hydrogen) atoms. The summed E-state index contributed by atoms with van der Waals surface area (Å²) in [6.07, 6.45) is 0.225. The summed E-state index contributed by atoms with van der Waals surface area (Å²) in [5.41, 5.74) is 3.60. The van der Waals surface area contributed by atoms with Crippen molar-refractivity contribution in [2.45, 2.75) is 20.0 Å². The third-order valence-electron chi connectivity index (χ3n) is 3.37. The first-order valence-electron chi connectivity index (χ1n) is 8.21. The highest BCUT2D eigenvalue weighted by Gasteiger charge is 2.16. The van der Waals surface area contributed by atoms with Crippen molar-refractivity contribution in [2.75, 3.05) is 13.2 Å². The molecule has 0 radical (unpaired) electrons. The quantitative estimate of drug-likeness (QED) is 0.354. The Labute approximate surface area is 166 Å². The van der Waals surface area contributed by atoms with E-state index in [9.17, 15) is 9.90 Å². The van der Waals surface area contributed by atoms with Crippen LogP contribution in [-0.4, -0.2) is 30.4 Å². The molecule has 2 aromatic rings. The smallest absolute Gasteiger partial charge is 0.273 e. The minimum absolute atomic E-state index is 0.509. The minimum Gasteiger partial charge on any atom is -0.490 e. The maximum atomic E-state index is 12.0. The second kappa shape index (κ2) is 10.1. The molecule has 2 aromatic carbocycles. The summed E-state index contributed by atoms with van der Waals surface area (Å²) in [7, 11) is 0. The largest absolute Gasteiger partial charge is 0.490 e. The Kier molecular flexibility index (Phi) is 7.86. The molecule has 2 N–H and O–H groups in total. The molecule has 1 atom stereocenters. The van der Waals surface area contributed by atoms with Gasteiger partial charge in [0.25, 0.3) is 5.91 Å². The summed E-state index contributed by atoms with van der Waals surface area (Å²) in [6.45, 7) is 4.86. The van der Waals surface area contributed by atoms with Gasteiger partial charge >= 0.3 is 0 Å². The van der Waals surface area contributed by atoms with Gasteiger partial charge in [-0.25, -0.2) is 5.43 Å². The predicted molar refractivity (Wildman–Crippen MR) is 109 cm³/mol. The first-order chi connectivity index (χ1) is 12.6. The van der Waals surface area contributed by atoms with E-state index in [1.807, 2.05) is 26.0 Å². The van der Waals surface area contributed by atoms with Crippen LogP contribution in [0.25, 0.3) is 0 Å². The van der Waals surface area contributed by atoms with Gasteiger partial charge < -0.3 is 14.6 Å². The molecular weight excluding hydrogens is 447 g/mol. The molecule has 0 bridgehead atoms. The summed E-state index contributed by atoms with van der Waals surface area (Å²) >= 11 is 2.16. The zero-order valence-corrected chi connectivity index (χ0v) is 16.8. The number of hydrazone groups is 1. The molecule has 0 heterocycles. The fourth-order valence-corrected chi connectivity index (χ4v) is 3.01. The number of carbonyl (C=O) groups is 1. The average molecular weight is 468 g/mol. The van der Waals surface area contributed by atoms with Gasteiger partial charge in [-0.3, -0.25) is 4.79 Å². The van der Waals surface area contributed by atoms with Crippen molar-refractivity contribution in [1.29, 1.82) is 0 Å². The topological polar surface area (TPSA) is 80.2 Å². The van der Waals surface area contributed by atoms with E-state index in [1.165, 1.54) is 6.21 Å². The van der Waals surface area contributed by atoms with Crippen LogP contribution in [0.4, 0.5) is 0 Å². The lowest BCUT2D eigenvalue weighted by molar-refractivity contribution is -0.129. The number of hydrogen-bond donors (Lipinski definition) is 2. The highest BCUT2D eigenvalue weighted by molar-refractivity contribution is 14.1. The van der Waals surface area contributed by atoms with E-state index >= 15 is 0 Å². The fourth-order valence-electron chi connectivity index (χ4n) is 2.23. The standard InChI is InChI=1S/C19H21IN2O4/c1-3-25-16-11-13(10-15(20)18(16)26-4-2)12-21-22-19(24)17(23)14-8-6-5-7-9-14/h5-12,17,23H,3-4H2,1-2H3,(H,22,24)/b21-12-/t17-/m1/s1. The monoisotopic (exact) mass is 468 g/mol. The molecule has 0 saturated carbocycles. The lowest BCUT2D eigenvalue weighted by Gasteiger charge is -2.13. The van der Waals surface area contributed by atoms with Gasteiger partial charge in [-0.2, -0.15) is 5.10 Å². The lowest BCUT2D eigenvalue weighted by atomic mass is 10.1. The maximum absolute atomic E-state index is 12.0. The van der Waals surface area contributed by atoms with Gasteiger partial charge in [0.2, 0.25) is 0 Å². The fraction of sp³-hybridized carbons (Fsp3) is 0.263. The number of aliphatic hydroxyl groups excluding tert-OH is 1. The first-order valence-corrected chi connectivity index (χ1v) is 9.29. The highest BCUT2D eigenvalue weighted by atomic mass is 127. The van der Waals surface area contributed by atoms with Crippen molar-refractivity contribution in [3.05, 3.63) is 57.2 Å². The Morgan fingerprint density at radius 3 is 2.58 bits per heavy atom. The molecule has 6 nitrogen and oxygen atoms in total. The molecule has 0 aromatic heterocycles. The number of benzene rings is 2.